The fourth-order valence-electron chi connectivity index (χ4n) is 8.30. The average Bonchev–Trinajstić information content (AvgIpc) is 4.07. The van der Waals surface area contributed by atoms with Gasteiger partial charge >= 0.3 is 11.9 Å². The Morgan fingerprint density at radius 3 is 1.93 bits per heavy atom. The van der Waals surface area contributed by atoms with Crippen molar-refractivity contribution in [1.29, 1.82) is 0 Å². The number of hydrogen-bond acceptors (Lipinski definition) is 13. The van der Waals surface area contributed by atoms with Gasteiger partial charge in [-0.25, -0.2) is 9.78 Å². The van der Waals surface area contributed by atoms with Crippen LogP contribution >= 0.6 is 0 Å². The summed E-state index contributed by atoms with van der Waals surface area (Å²) >= 11 is 0. The van der Waals surface area contributed by atoms with Crippen LogP contribution in [0.15, 0.2) is 67.1 Å². The van der Waals surface area contributed by atoms with E-state index in [0.29, 0.717) is 49.0 Å². The number of aliphatic carboxylic acids is 2. The zero-order chi connectivity index (χ0) is 53.8. The number of carbonyl (C=O) groups is 9. The number of nitrogens with zero attached hydrogens (tertiary/aromatic N) is 2. The number of carboxylic acids is 2. The Morgan fingerprint density at radius 2 is 1.33 bits per heavy atom. The van der Waals surface area contributed by atoms with Gasteiger partial charge in [0.15, 0.2) is 0 Å². The molecule has 4 rings (SSSR count). The van der Waals surface area contributed by atoms with Crippen molar-refractivity contribution in [3.8, 4) is 5.75 Å². The van der Waals surface area contributed by atoms with Crippen LogP contribution in [-0.4, -0.2) is 145 Å². The topological polar surface area (TPSA) is 370 Å². The van der Waals surface area contributed by atoms with Crippen LogP contribution in [-0.2, 0) is 62.4 Å². The number of carboxylic acid groups (broad SMARTS) is 2. The zero-order valence-corrected chi connectivity index (χ0v) is 41.7. The third-order valence-electron chi connectivity index (χ3n) is 12.7. The second-order valence-electron chi connectivity index (χ2n) is 18.7. The standard InChI is InChI=1S/C50H71N11O12/c1-5-29(4)42(48(70)57-37(24-32-26-53-27-54-32)49(71)61-21-11-15-39(61)46(68)58-38(50(72)73)23-30-12-7-6-8-13-30)60-45(67)36(22-31-16-18-33(62)19-17-31)56-47(69)41(28(2)3)59-44(66)35(14-9-10-20-51)55-43(65)34(52)25-40(63)64/h6-8,12-13,16-19,26-29,34-39,41-42,62H,5,9-11,14-15,20-25,51-52H2,1-4H3,(H,53,54)(H,55,65)(H,56,69)(H,57,70)(H,58,68)(H,59,66)(H,60,67)(H,63,64)(H,72,73)/t29-,34-,35-,36-,37-,38-,39-,41-,42-/m0/s1. The largest absolute Gasteiger partial charge is 0.508 e. The number of imidazole rings is 1. The van der Waals surface area contributed by atoms with Crippen LogP contribution in [0.1, 0.15) is 89.5 Å². The van der Waals surface area contributed by atoms with E-state index >= 15 is 0 Å². The molecule has 0 aliphatic carbocycles. The highest BCUT2D eigenvalue weighted by atomic mass is 16.4. The molecule has 0 spiro atoms. The number of benzene rings is 2. The van der Waals surface area contributed by atoms with Crippen LogP contribution in [0.25, 0.3) is 0 Å². The van der Waals surface area contributed by atoms with E-state index in [9.17, 15) is 53.4 Å². The van der Waals surface area contributed by atoms with E-state index in [0.717, 1.165) is 0 Å². The summed E-state index contributed by atoms with van der Waals surface area (Å²) in [5.74, 6) is -9.13. The Morgan fingerprint density at radius 1 is 0.726 bits per heavy atom. The number of carbonyl (C=O) groups excluding carboxylic acids is 7. The number of aromatic nitrogens is 2. The van der Waals surface area contributed by atoms with E-state index in [-0.39, 0.29) is 44.4 Å². The molecule has 0 saturated carbocycles. The quantitative estimate of drug-likeness (QED) is 0.0400. The number of nitrogens with two attached hydrogens (primary N) is 2. The van der Waals surface area contributed by atoms with Crippen molar-refractivity contribution in [2.75, 3.05) is 13.1 Å². The molecule has 9 atom stereocenters. The fourth-order valence-corrected chi connectivity index (χ4v) is 8.30. The molecule has 14 N–H and O–H groups in total. The molecule has 1 aliphatic heterocycles. The number of amides is 7. The van der Waals surface area contributed by atoms with Crippen molar-refractivity contribution in [2.24, 2.45) is 23.3 Å². The van der Waals surface area contributed by atoms with Gasteiger partial charge in [0.05, 0.1) is 18.8 Å². The molecule has 1 saturated heterocycles. The molecule has 3 aromatic rings. The summed E-state index contributed by atoms with van der Waals surface area (Å²) in [7, 11) is 0. The first-order valence-corrected chi connectivity index (χ1v) is 24.5. The van der Waals surface area contributed by atoms with E-state index in [1.54, 1.807) is 58.0 Å². The SMILES string of the molecule is CC[C@H](C)[C@H](NC(=O)[C@H](Cc1ccc(O)cc1)NC(=O)[C@@H](NC(=O)[C@H](CCCCN)NC(=O)[C@@H](N)CC(=O)O)C(C)C)C(=O)N[C@@H](Cc1cnc[nH]1)C(=O)N1CCC[C@H]1C(=O)N[C@@H](Cc1ccccc1)C(=O)O. The van der Waals surface area contributed by atoms with Crippen LogP contribution in [0.5, 0.6) is 5.75 Å². The van der Waals surface area contributed by atoms with Crippen molar-refractivity contribution in [2.45, 2.75) is 140 Å². The van der Waals surface area contributed by atoms with Gasteiger partial charge in [0.1, 0.15) is 48.0 Å². The third kappa shape index (κ3) is 18.0. The molecule has 7 amide bonds. The molecule has 0 radical (unpaired) electrons. The van der Waals surface area contributed by atoms with Crippen LogP contribution < -0.4 is 43.4 Å². The van der Waals surface area contributed by atoms with Gasteiger partial charge in [-0.05, 0) is 73.7 Å². The number of nitrogens with one attached hydrogen (secondary N) is 7. The predicted octanol–water partition coefficient (Wildman–Crippen LogP) is -0.239. The second kappa shape index (κ2) is 28.6. The van der Waals surface area contributed by atoms with Gasteiger partial charge in [-0.1, -0.05) is 76.6 Å². The molecule has 1 aromatic heterocycles. The first-order valence-electron chi connectivity index (χ1n) is 24.5. The highest BCUT2D eigenvalue weighted by molar-refractivity contribution is 5.98. The maximum atomic E-state index is 14.5. The summed E-state index contributed by atoms with van der Waals surface area (Å²) in [6.07, 6.45) is 3.89. The molecular weight excluding hydrogens is 947 g/mol. The maximum absolute atomic E-state index is 14.5. The normalized spacial score (nSPS) is 16.6. The summed E-state index contributed by atoms with van der Waals surface area (Å²) in [5.41, 5.74) is 13.1. The van der Waals surface area contributed by atoms with Gasteiger partial charge in [0, 0.05) is 37.7 Å². The minimum atomic E-state index is -1.46. The molecule has 398 valence electrons. The highest BCUT2D eigenvalue weighted by Crippen LogP contribution is 2.21. The number of rotatable bonds is 29. The summed E-state index contributed by atoms with van der Waals surface area (Å²) in [5, 5.41) is 45.2. The van der Waals surface area contributed by atoms with Crippen molar-refractivity contribution in [3.63, 3.8) is 0 Å². The Kier molecular flexibility index (Phi) is 22.8. The van der Waals surface area contributed by atoms with Gasteiger partial charge in [-0.2, -0.15) is 0 Å². The number of aromatic amines is 1. The molecule has 0 unspecified atom stereocenters. The van der Waals surface area contributed by atoms with Gasteiger partial charge in [0.25, 0.3) is 0 Å². The molecule has 23 heteroatoms. The lowest BCUT2D eigenvalue weighted by molar-refractivity contribution is -0.145. The molecule has 0 bridgehead atoms. The van der Waals surface area contributed by atoms with Gasteiger partial charge in [0.2, 0.25) is 41.4 Å². The Bertz CT molecular complexity index is 2330. The number of unbranched alkanes of at least 4 members (excludes halogenated alkanes) is 1. The number of aromatic hydroxyl groups is 1. The lowest BCUT2D eigenvalue weighted by Gasteiger charge is -2.32. The molecule has 1 aliphatic rings. The smallest absolute Gasteiger partial charge is 0.326 e. The first-order chi connectivity index (χ1) is 34.7. The molecule has 73 heavy (non-hydrogen) atoms. The maximum Gasteiger partial charge on any atom is 0.326 e. The summed E-state index contributed by atoms with van der Waals surface area (Å²) in [4.78, 5) is 130. The lowest BCUT2D eigenvalue weighted by Crippen LogP contribution is -2.62. The average molecular weight is 1020 g/mol. The van der Waals surface area contributed by atoms with E-state index in [1.165, 1.54) is 41.7 Å². The predicted molar refractivity (Wildman–Crippen MR) is 266 cm³/mol. The summed E-state index contributed by atoms with van der Waals surface area (Å²) in [6.45, 7) is 7.21. The van der Waals surface area contributed by atoms with Crippen molar-refractivity contribution < 1.29 is 58.5 Å². The number of likely N-dealkylation sites (tertiary alicyclic amines) is 1. The molecule has 2 heterocycles. The minimum absolute atomic E-state index is 0.00416. The van der Waals surface area contributed by atoms with Crippen molar-refractivity contribution in [3.05, 3.63) is 83.9 Å². The molecule has 2 aromatic carbocycles. The van der Waals surface area contributed by atoms with Crippen LogP contribution in [0.3, 0.4) is 0 Å². The van der Waals surface area contributed by atoms with Crippen molar-refractivity contribution >= 4 is 53.3 Å². The second-order valence-corrected chi connectivity index (χ2v) is 18.7. The lowest BCUT2D eigenvalue weighted by atomic mass is 9.96. The molecule has 23 nitrogen and oxygen atoms in total. The molecule has 1 fully saturated rings. The zero-order valence-electron chi connectivity index (χ0n) is 41.7. The van der Waals surface area contributed by atoms with E-state index < -0.39 is 120 Å². The van der Waals surface area contributed by atoms with E-state index in [2.05, 4.69) is 41.9 Å². The van der Waals surface area contributed by atoms with Crippen LogP contribution in [0, 0.1) is 11.8 Å². The van der Waals surface area contributed by atoms with Gasteiger partial charge < -0.3 is 68.6 Å². The Balaban J connectivity index is 1.58. The minimum Gasteiger partial charge on any atom is -0.508 e. The van der Waals surface area contributed by atoms with E-state index in [1.807, 2.05) is 0 Å². The van der Waals surface area contributed by atoms with E-state index in [4.69, 9.17) is 16.6 Å². The Labute approximate surface area is 423 Å². The fraction of sp³-hybridized carbons (Fsp3) is 0.520. The van der Waals surface area contributed by atoms with Crippen LogP contribution in [0.2, 0.25) is 0 Å². The molecular formula is C50H71N11O12. The summed E-state index contributed by atoms with van der Waals surface area (Å²) in [6, 6.07) is 4.30. The Hall–Kier alpha value is -7.40. The third-order valence-corrected chi connectivity index (χ3v) is 12.7. The monoisotopic (exact) mass is 1020 g/mol. The number of H-pyrrole nitrogens is 1. The number of phenols is 1. The van der Waals surface area contributed by atoms with Crippen molar-refractivity contribution in [1.82, 2.24) is 46.8 Å². The first kappa shape index (κ1) is 58.2. The number of hydrogen-bond donors (Lipinski definition) is 12. The van der Waals surface area contributed by atoms with Gasteiger partial charge in [-0.3, -0.25) is 38.4 Å². The van der Waals surface area contributed by atoms with Crippen LogP contribution in [0.4, 0.5) is 0 Å². The number of phenolic OH excluding ortho intramolecular Hbond substituents is 1. The summed E-state index contributed by atoms with van der Waals surface area (Å²) < 4.78 is 0. The highest BCUT2D eigenvalue weighted by Gasteiger charge is 2.41. The van der Waals surface area contributed by atoms with Gasteiger partial charge in [-0.15, -0.1) is 0 Å².